The van der Waals surface area contributed by atoms with Crippen LogP contribution in [0.5, 0.6) is 0 Å². The third-order valence-electron chi connectivity index (χ3n) is 6.53. The fourth-order valence-corrected chi connectivity index (χ4v) is 4.81. The summed E-state index contributed by atoms with van der Waals surface area (Å²) < 4.78 is 13.9. The van der Waals surface area contributed by atoms with E-state index in [9.17, 15) is 14.0 Å². The van der Waals surface area contributed by atoms with Gasteiger partial charge in [-0.05, 0) is 29.8 Å². The predicted octanol–water partition coefficient (Wildman–Crippen LogP) is 1.63. The molecule has 0 spiro atoms. The normalized spacial score (nSPS) is 22.9. The number of pyridine rings is 1. The third-order valence-corrected chi connectivity index (χ3v) is 6.53. The first-order valence-corrected chi connectivity index (χ1v) is 11.0. The Morgan fingerprint density at radius 1 is 1.22 bits per heavy atom. The van der Waals surface area contributed by atoms with Gasteiger partial charge in [0.15, 0.2) is 0 Å². The number of carbonyl (C=O) groups is 2. The van der Waals surface area contributed by atoms with Crippen LogP contribution in [-0.2, 0) is 11.3 Å². The topological polar surface area (TPSA) is 80.8 Å². The number of fused-ring (bicyclic) bond motifs is 3. The van der Waals surface area contributed by atoms with Crippen molar-refractivity contribution in [3.63, 3.8) is 0 Å². The number of anilines is 3. The summed E-state index contributed by atoms with van der Waals surface area (Å²) in [5, 5.41) is 5.54. The maximum atomic E-state index is 13.9. The molecule has 2 fully saturated rings. The highest BCUT2D eigenvalue weighted by molar-refractivity contribution is 6.04. The molecule has 0 radical (unpaired) electrons. The molecule has 3 aliphatic rings. The third kappa shape index (κ3) is 3.88. The van der Waals surface area contributed by atoms with E-state index in [-0.39, 0.29) is 24.8 Å². The average Bonchev–Trinajstić information content (AvgIpc) is 3.21. The van der Waals surface area contributed by atoms with Crippen LogP contribution >= 0.6 is 0 Å². The molecule has 0 aliphatic carbocycles. The van der Waals surface area contributed by atoms with Gasteiger partial charge in [-0.3, -0.25) is 14.5 Å². The van der Waals surface area contributed by atoms with Gasteiger partial charge in [-0.25, -0.2) is 9.37 Å². The molecular formula is C23H27FN6O2. The van der Waals surface area contributed by atoms with Crippen LogP contribution in [0.1, 0.15) is 22.5 Å². The number of alkyl halides is 1. The van der Waals surface area contributed by atoms with Gasteiger partial charge in [0.1, 0.15) is 17.9 Å². The molecule has 0 saturated carbocycles. The van der Waals surface area contributed by atoms with E-state index in [1.165, 1.54) is 0 Å². The Balaban J connectivity index is 1.20. The lowest BCUT2D eigenvalue weighted by Crippen LogP contribution is -2.46. The number of benzene rings is 1. The zero-order valence-corrected chi connectivity index (χ0v) is 18.1. The summed E-state index contributed by atoms with van der Waals surface area (Å²) in [5.41, 5.74) is 4.25. The van der Waals surface area contributed by atoms with Gasteiger partial charge in [-0.1, -0.05) is 6.07 Å². The minimum Gasteiger partial charge on any atom is -0.368 e. The lowest BCUT2D eigenvalue weighted by atomic mass is 10.1. The van der Waals surface area contributed by atoms with Crippen LogP contribution in [0.3, 0.4) is 0 Å². The summed E-state index contributed by atoms with van der Waals surface area (Å²) in [5.74, 6) is -0.299. The molecule has 2 N–H and O–H groups in total. The number of halogens is 1. The van der Waals surface area contributed by atoms with Gasteiger partial charge in [0, 0.05) is 46.2 Å². The standard InChI is InChI=1S/C23H27FN6O2/c1-25-22(31)18-4-3-17(12-26-18)29-8-6-28(7-9-29)13-15-2-5-20-19(10-15)27-23(32)21-11-16(24)14-30(20)21/h2-5,10,12,16,21H,6-9,11,13-14H2,1H3,(H,25,31)(H,27,32)/t16-,21-/m0/s1. The number of nitrogens with one attached hydrogen (secondary N) is 2. The Morgan fingerprint density at radius 3 is 2.75 bits per heavy atom. The van der Waals surface area contributed by atoms with E-state index in [2.05, 4.69) is 31.5 Å². The number of hydrogen-bond donors (Lipinski definition) is 2. The number of hydrogen-bond acceptors (Lipinski definition) is 6. The van der Waals surface area contributed by atoms with Crippen molar-refractivity contribution < 1.29 is 14.0 Å². The van der Waals surface area contributed by atoms with Gasteiger partial charge in [-0.2, -0.15) is 0 Å². The number of carbonyl (C=O) groups excluding carboxylic acids is 2. The average molecular weight is 439 g/mol. The monoisotopic (exact) mass is 438 g/mol. The van der Waals surface area contributed by atoms with Crippen molar-refractivity contribution in [1.82, 2.24) is 15.2 Å². The predicted molar refractivity (Wildman–Crippen MR) is 121 cm³/mol. The first-order valence-electron chi connectivity index (χ1n) is 11.0. The van der Waals surface area contributed by atoms with Crippen molar-refractivity contribution >= 4 is 28.9 Å². The van der Waals surface area contributed by atoms with Crippen molar-refractivity contribution in [2.45, 2.75) is 25.2 Å². The molecule has 2 atom stereocenters. The van der Waals surface area contributed by atoms with Crippen LogP contribution in [0.4, 0.5) is 21.5 Å². The van der Waals surface area contributed by atoms with Gasteiger partial charge in [0.25, 0.3) is 5.91 Å². The summed E-state index contributed by atoms with van der Waals surface area (Å²) in [6.07, 6.45) is 1.06. The molecule has 168 valence electrons. The van der Waals surface area contributed by atoms with Gasteiger partial charge in [-0.15, -0.1) is 0 Å². The quantitative estimate of drug-likeness (QED) is 0.756. The summed E-state index contributed by atoms with van der Waals surface area (Å²) in [7, 11) is 1.59. The van der Waals surface area contributed by atoms with E-state index in [4.69, 9.17) is 0 Å². The molecule has 32 heavy (non-hydrogen) atoms. The summed E-state index contributed by atoms with van der Waals surface area (Å²) in [4.78, 5) is 34.8. The van der Waals surface area contributed by atoms with E-state index in [0.29, 0.717) is 5.69 Å². The Bertz CT molecular complexity index is 1020. The number of amides is 2. The molecule has 1 aromatic heterocycles. The highest BCUT2D eigenvalue weighted by Gasteiger charge is 2.41. The second-order valence-electron chi connectivity index (χ2n) is 8.59. The van der Waals surface area contributed by atoms with Gasteiger partial charge in [0.05, 0.1) is 29.8 Å². The van der Waals surface area contributed by atoms with Crippen LogP contribution in [0.15, 0.2) is 36.5 Å². The fraction of sp³-hybridized carbons (Fsp3) is 0.435. The molecule has 3 aliphatic heterocycles. The lowest BCUT2D eigenvalue weighted by molar-refractivity contribution is -0.117. The zero-order chi connectivity index (χ0) is 22.2. The smallest absolute Gasteiger partial charge is 0.269 e. The lowest BCUT2D eigenvalue weighted by Gasteiger charge is -2.36. The highest BCUT2D eigenvalue weighted by Crippen LogP contribution is 2.38. The molecule has 9 heteroatoms. The summed E-state index contributed by atoms with van der Waals surface area (Å²) in [6.45, 7) is 4.62. The Kier molecular flexibility index (Phi) is 5.42. The first-order chi connectivity index (χ1) is 15.5. The number of piperazine rings is 1. The maximum Gasteiger partial charge on any atom is 0.269 e. The first kappa shape index (κ1) is 20.7. The van der Waals surface area contributed by atoms with E-state index in [1.807, 2.05) is 23.1 Å². The van der Waals surface area contributed by atoms with Crippen molar-refractivity contribution in [2.75, 3.05) is 54.9 Å². The SMILES string of the molecule is CNC(=O)c1ccc(N2CCN(Cc3ccc4c(c3)NC(=O)[C@@H]3C[C@H](F)CN43)CC2)cn1. The second kappa shape index (κ2) is 8.38. The number of aromatic nitrogens is 1. The molecule has 8 nitrogen and oxygen atoms in total. The maximum absolute atomic E-state index is 13.9. The van der Waals surface area contributed by atoms with Gasteiger partial charge < -0.3 is 20.4 Å². The Labute approximate surface area is 186 Å². The van der Waals surface area contributed by atoms with Crippen LogP contribution < -0.4 is 20.4 Å². The van der Waals surface area contributed by atoms with E-state index >= 15 is 0 Å². The molecule has 0 bridgehead atoms. The van der Waals surface area contributed by atoms with Crippen LogP contribution in [-0.4, -0.2) is 73.7 Å². The van der Waals surface area contributed by atoms with Crippen LogP contribution in [0.2, 0.25) is 0 Å². The summed E-state index contributed by atoms with van der Waals surface area (Å²) >= 11 is 0. The van der Waals surface area contributed by atoms with Gasteiger partial charge >= 0.3 is 0 Å². The van der Waals surface area contributed by atoms with Crippen molar-refractivity contribution in [2.24, 2.45) is 0 Å². The molecule has 5 rings (SSSR count). The molecule has 1 aromatic carbocycles. The number of rotatable bonds is 4. The molecule has 0 unspecified atom stereocenters. The second-order valence-corrected chi connectivity index (χ2v) is 8.59. The summed E-state index contributed by atoms with van der Waals surface area (Å²) in [6, 6.07) is 9.39. The van der Waals surface area contributed by atoms with E-state index in [0.717, 1.165) is 55.3 Å². The Hall–Kier alpha value is -3.20. The molecule has 2 saturated heterocycles. The van der Waals surface area contributed by atoms with E-state index in [1.54, 1.807) is 19.3 Å². The fourth-order valence-electron chi connectivity index (χ4n) is 4.81. The number of nitrogens with zero attached hydrogens (tertiary/aromatic N) is 4. The molecule has 4 heterocycles. The Morgan fingerprint density at radius 2 is 2.03 bits per heavy atom. The highest BCUT2D eigenvalue weighted by atomic mass is 19.1. The minimum absolute atomic E-state index is 0.112. The van der Waals surface area contributed by atoms with Crippen molar-refractivity contribution in [1.29, 1.82) is 0 Å². The van der Waals surface area contributed by atoms with Crippen LogP contribution in [0, 0.1) is 0 Å². The van der Waals surface area contributed by atoms with Crippen LogP contribution in [0.25, 0.3) is 0 Å². The van der Waals surface area contributed by atoms with Gasteiger partial charge in [0.2, 0.25) is 5.91 Å². The van der Waals surface area contributed by atoms with Crippen molar-refractivity contribution in [3.05, 3.63) is 47.8 Å². The molecule has 2 amide bonds. The molecule has 2 aromatic rings. The molecular weight excluding hydrogens is 411 g/mol. The zero-order valence-electron chi connectivity index (χ0n) is 18.1. The minimum atomic E-state index is -0.956. The van der Waals surface area contributed by atoms with E-state index < -0.39 is 12.2 Å². The largest absolute Gasteiger partial charge is 0.368 e. The van der Waals surface area contributed by atoms with Crippen molar-refractivity contribution in [3.8, 4) is 0 Å².